The van der Waals surface area contributed by atoms with Crippen molar-refractivity contribution in [2.75, 3.05) is 13.1 Å². The molecule has 0 unspecified atom stereocenters. The normalized spacial score (nSPS) is 9.80. The third-order valence-electron chi connectivity index (χ3n) is 2.65. The number of hydrogen-bond donors (Lipinski definition) is 1. The van der Waals surface area contributed by atoms with E-state index in [0.717, 1.165) is 5.69 Å². The van der Waals surface area contributed by atoms with E-state index in [9.17, 15) is 4.79 Å². The van der Waals surface area contributed by atoms with Crippen LogP contribution in [0.1, 0.15) is 16.8 Å². The lowest BCUT2D eigenvalue weighted by molar-refractivity contribution is 0.0953. The van der Waals surface area contributed by atoms with Crippen LogP contribution in [0.3, 0.4) is 0 Å². The van der Waals surface area contributed by atoms with Crippen molar-refractivity contribution in [2.24, 2.45) is 5.11 Å². The number of benzene rings is 1. The van der Waals surface area contributed by atoms with Gasteiger partial charge >= 0.3 is 0 Å². The van der Waals surface area contributed by atoms with E-state index in [-0.39, 0.29) is 5.91 Å². The van der Waals surface area contributed by atoms with Gasteiger partial charge in [-0.2, -0.15) is 5.10 Å². The van der Waals surface area contributed by atoms with Crippen LogP contribution in [0, 0.1) is 0 Å². The molecule has 7 nitrogen and oxygen atoms in total. The van der Waals surface area contributed by atoms with Crippen LogP contribution < -0.4 is 5.32 Å². The largest absolute Gasteiger partial charge is 0.352 e. The molecule has 20 heavy (non-hydrogen) atoms. The number of nitrogens with one attached hydrogen (secondary N) is 1. The number of carbonyl (C=O) groups excluding carboxylic acids is 1. The van der Waals surface area contributed by atoms with Crippen molar-refractivity contribution >= 4 is 5.91 Å². The lowest BCUT2D eigenvalue weighted by atomic mass is 10.3. The Morgan fingerprint density at radius 3 is 2.95 bits per heavy atom. The van der Waals surface area contributed by atoms with Crippen molar-refractivity contribution < 1.29 is 4.79 Å². The predicted molar refractivity (Wildman–Crippen MR) is 74.5 cm³/mol. The van der Waals surface area contributed by atoms with E-state index in [1.165, 1.54) is 6.20 Å². The smallest absolute Gasteiger partial charge is 0.254 e. The van der Waals surface area contributed by atoms with Crippen LogP contribution in [-0.2, 0) is 0 Å². The Kier molecular flexibility index (Phi) is 4.75. The van der Waals surface area contributed by atoms with E-state index >= 15 is 0 Å². The van der Waals surface area contributed by atoms with Crippen LogP contribution >= 0.6 is 0 Å². The Hall–Kier alpha value is -2.79. The molecule has 0 spiro atoms. The first-order chi connectivity index (χ1) is 9.81. The van der Waals surface area contributed by atoms with Gasteiger partial charge in [0.1, 0.15) is 0 Å². The quantitative estimate of drug-likeness (QED) is 0.377. The number of aromatic nitrogens is 2. The van der Waals surface area contributed by atoms with Crippen molar-refractivity contribution in [2.45, 2.75) is 6.42 Å². The third kappa shape index (κ3) is 3.60. The molecule has 0 atom stereocenters. The van der Waals surface area contributed by atoms with E-state index < -0.39 is 0 Å². The van der Waals surface area contributed by atoms with Gasteiger partial charge in [0, 0.05) is 24.2 Å². The van der Waals surface area contributed by atoms with Gasteiger partial charge < -0.3 is 5.32 Å². The van der Waals surface area contributed by atoms with E-state index in [0.29, 0.717) is 25.1 Å². The average molecular weight is 270 g/mol. The molecule has 1 N–H and O–H groups in total. The topological polar surface area (TPSA) is 95.7 Å². The number of rotatable bonds is 6. The SMILES string of the molecule is [N-]=[N+]=NCCCNC(=O)c1cnn(-c2ccccc2)c1. The van der Waals surface area contributed by atoms with E-state index in [1.807, 2.05) is 30.3 Å². The second-order valence-electron chi connectivity index (χ2n) is 4.07. The molecule has 0 aliphatic heterocycles. The van der Waals surface area contributed by atoms with Gasteiger partial charge in [-0.1, -0.05) is 23.3 Å². The Morgan fingerprint density at radius 1 is 1.40 bits per heavy atom. The van der Waals surface area contributed by atoms with Crippen molar-refractivity contribution in [1.29, 1.82) is 0 Å². The lowest BCUT2D eigenvalue weighted by Crippen LogP contribution is -2.24. The summed E-state index contributed by atoms with van der Waals surface area (Å²) in [5.74, 6) is -0.187. The second-order valence-corrected chi connectivity index (χ2v) is 4.07. The summed E-state index contributed by atoms with van der Waals surface area (Å²) in [7, 11) is 0. The van der Waals surface area contributed by atoms with Crippen LogP contribution in [0.15, 0.2) is 47.8 Å². The summed E-state index contributed by atoms with van der Waals surface area (Å²) in [5, 5.41) is 10.3. The molecular formula is C13H14N6O. The molecule has 2 rings (SSSR count). The highest BCUT2D eigenvalue weighted by Gasteiger charge is 2.08. The Balaban J connectivity index is 1.92. The average Bonchev–Trinajstić information content (AvgIpc) is 2.98. The van der Waals surface area contributed by atoms with Crippen molar-refractivity contribution in [3.63, 3.8) is 0 Å². The van der Waals surface area contributed by atoms with Crippen molar-refractivity contribution in [3.05, 3.63) is 58.7 Å². The maximum Gasteiger partial charge on any atom is 0.254 e. The summed E-state index contributed by atoms with van der Waals surface area (Å²) >= 11 is 0. The molecule has 7 heteroatoms. The Morgan fingerprint density at radius 2 is 2.20 bits per heavy atom. The molecule has 0 aliphatic rings. The number of nitrogens with zero attached hydrogens (tertiary/aromatic N) is 5. The Labute approximate surface area is 115 Å². The molecule has 1 heterocycles. The molecule has 1 aromatic carbocycles. The lowest BCUT2D eigenvalue weighted by Gasteiger charge is -2.01. The minimum Gasteiger partial charge on any atom is -0.352 e. The van der Waals surface area contributed by atoms with Crippen LogP contribution in [-0.4, -0.2) is 28.8 Å². The molecule has 1 amide bonds. The van der Waals surface area contributed by atoms with Crippen LogP contribution in [0.2, 0.25) is 0 Å². The highest BCUT2D eigenvalue weighted by Crippen LogP contribution is 2.07. The highest BCUT2D eigenvalue weighted by atomic mass is 16.1. The zero-order valence-electron chi connectivity index (χ0n) is 10.8. The monoisotopic (exact) mass is 270 g/mol. The van der Waals surface area contributed by atoms with Crippen molar-refractivity contribution in [1.82, 2.24) is 15.1 Å². The highest BCUT2D eigenvalue weighted by molar-refractivity contribution is 5.93. The van der Waals surface area contributed by atoms with Gasteiger partial charge in [-0.15, -0.1) is 0 Å². The maximum atomic E-state index is 11.9. The summed E-state index contributed by atoms with van der Waals surface area (Å²) in [4.78, 5) is 14.5. The summed E-state index contributed by atoms with van der Waals surface area (Å²) in [6.07, 6.45) is 3.82. The van der Waals surface area contributed by atoms with E-state index in [4.69, 9.17) is 5.53 Å². The molecule has 0 radical (unpaired) electrons. The number of azide groups is 1. The van der Waals surface area contributed by atoms with E-state index in [2.05, 4.69) is 20.4 Å². The van der Waals surface area contributed by atoms with Crippen LogP contribution in [0.25, 0.3) is 16.1 Å². The summed E-state index contributed by atoms with van der Waals surface area (Å²) in [6.45, 7) is 0.842. The van der Waals surface area contributed by atoms with Crippen molar-refractivity contribution in [3.8, 4) is 5.69 Å². The number of hydrogen-bond acceptors (Lipinski definition) is 3. The minimum atomic E-state index is -0.187. The van der Waals surface area contributed by atoms with E-state index in [1.54, 1.807) is 10.9 Å². The molecule has 1 aromatic heterocycles. The number of amides is 1. The Bertz CT molecular complexity index is 615. The molecular weight excluding hydrogens is 256 g/mol. The van der Waals surface area contributed by atoms with Gasteiger partial charge in [-0.25, -0.2) is 4.68 Å². The fraction of sp³-hybridized carbons (Fsp3) is 0.231. The zero-order valence-corrected chi connectivity index (χ0v) is 10.8. The van der Waals surface area contributed by atoms with Gasteiger partial charge in [0.25, 0.3) is 5.91 Å². The molecule has 0 bridgehead atoms. The standard InChI is InChI=1S/C13H14N6O/c14-18-16-8-4-7-15-13(20)11-9-17-19(10-11)12-5-2-1-3-6-12/h1-3,5-6,9-10H,4,7-8H2,(H,15,20). The fourth-order valence-corrected chi connectivity index (χ4v) is 1.66. The van der Waals surface area contributed by atoms with Crippen LogP contribution in [0.4, 0.5) is 0 Å². The van der Waals surface area contributed by atoms with Gasteiger partial charge in [0.05, 0.1) is 17.4 Å². The van der Waals surface area contributed by atoms with Gasteiger partial charge in [0.2, 0.25) is 0 Å². The maximum absolute atomic E-state index is 11.9. The molecule has 2 aromatic rings. The second kappa shape index (κ2) is 6.96. The minimum absolute atomic E-state index is 0.187. The summed E-state index contributed by atoms with van der Waals surface area (Å²) in [6, 6.07) is 9.56. The molecule has 102 valence electrons. The van der Waals surface area contributed by atoms with Gasteiger partial charge in [0.15, 0.2) is 0 Å². The predicted octanol–water partition coefficient (Wildman–Crippen LogP) is 2.30. The summed E-state index contributed by atoms with van der Waals surface area (Å²) in [5.41, 5.74) is 9.52. The molecule has 0 saturated carbocycles. The molecule has 0 saturated heterocycles. The fourth-order valence-electron chi connectivity index (χ4n) is 1.66. The number of para-hydroxylation sites is 1. The first-order valence-electron chi connectivity index (χ1n) is 6.20. The molecule has 0 aliphatic carbocycles. The molecule has 0 fully saturated rings. The van der Waals surface area contributed by atoms with Crippen LogP contribution in [0.5, 0.6) is 0 Å². The van der Waals surface area contributed by atoms with Gasteiger partial charge in [-0.05, 0) is 24.1 Å². The summed E-state index contributed by atoms with van der Waals surface area (Å²) < 4.78 is 1.65. The zero-order chi connectivity index (χ0) is 14.2. The number of carbonyl (C=O) groups is 1. The first kappa shape index (κ1) is 13.6. The first-order valence-corrected chi connectivity index (χ1v) is 6.20. The van der Waals surface area contributed by atoms with Gasteiger partial charge in [-0.3, -0.25) is 4.79 Å². The third-order valence-corrected chi connectivity index (χ3v) is 2.65.